The summed E-state index contributed by atoms with van der Waals surface area (Å²) in [5.41, 5.74) is 1.03. The van der Waals surface area contributed by atoms with Crippen molar-refractivity contribution in [2.24, 2.45) is 0 Å². The fraction of sp³-hybridized carbons (Fsp3) is 0.579. The third-order valence-electron chi connectivity index (χ3n) is 4.59. The molecule has 35 heavy (non-hydrogen) atoms. The maximum absolute atomic E-state index is 12.0. The van der Waals surface area contributed by atoms with Gasteiger partial charge in [-0.2, -0.15) is 8.62 Å². The molecule has 0 aliphatic carbocycles. The van der Waals surface area contributed by atoms with Crippen molar-refractivity contribution >= 4 is 35.7 Å². The predicted octanol–water partition coefficient (Wildman–Crippen LogP) is 4.08. The summed E-state index contributed by atoms with van der Waals surface area (Å²) in [5.74, 6) is -0.171. The molecule has 0 fully saturated rings. The molecule has 0 aliphatic rings. The third kappa shape index (κ3) is 16.2. The zero-order chi connectivity index (χ0) is 26.4. The number of phosphoric ester groups is 1. The van der Waals surface area contributed by atoms with Gasteiger partial charge < -0.3 is 24.9 Å². The zero-order valence-electron chi connectivity index (χ0n) is 19.1. The molecule has 0 heterocycles. The second-order valence-electron chi connectivity index (χ2n) is 7.60. The van der Waals surface area contributed by atoms with Gasteiger partial charge in [0.25, 0.3) is 5.91 Å². The van der Waals surface area contributed by atoms with E-state index >= 15 is 0 Å². The Hall–Kier alpha value is -1.23. The van der Waals surface area contributed by atoms with Crippen LogP contribution in [0.25, 0.3) is 0 Å². The molecule has 0 aromatic heterocycles. The quantitative estimate of drug-likeness (QED) is 0.0923. The summed E-state index contributed by atoms with van der Waals surface area (Å²) in [6.07, 6.45) is 8.46. The highest BCUT2D eigenvalue weighted by Crippen LogP contribution is 2.66. The highest BCUT2D eigenvalue weighted by molar-refractivity contribution is 7.66. The molecule has 200 valence electrons. The molecule has 13 nitrogen and oxygen atoms in total. The number of amides is 1. The highest BCUT2D eigenvalue weighted by Gasteiger charge is 2.40. The van der Waals surface area contributed by atoms with E-state index in [-0.39, 0.29) is 12.5 Å². The van der Waals surface area contributed by atoms with Gasteiger partial charge in [-0.05, 0) is 25.0 Å². The van der Waals surface area contributed by atoms with Gasteiger partial charge in [0.05, 0.1) is 6.61 Å². The highest BCUT2D eigenvalue weighted by atomic mass is 31.3. The Labute approximate surface area is 203 Å². The Morgan fingerprint density at radius 1 is 0.771 bits per heavy atom. The molecule has 0 bridgehead atoms. The van der Waals surface area contributed by atoms with E-state index in [4.69, 9.17) is 14.7 Å². The first-order valence-corrected chi connectivity index (χ1v) is 15.5. The van der Waals surface area contributed by atoms with Crippen LogP contribution in [0.15, 0.2) is 24.3 Å². The monoisotopic (exact) mass is 559 g/mol. The first-order chi connectivity index (χ1) is 16.3. The lowest BCUT2D eigenvalue weighted by atomic mass is 10.1. The second-order valence-corrected chi connectivity index (χ2v) is 12.0. The van der Waals surface area contributed by atoms with Gasteiger partial charge in [-0.1, -0.05) is 57.1 Å². The number of nitrogens with one attached hydrogen (secondary N) is 1. The molecule has 1 aromatic rings. The molecule has 0 spiro atoms. The van der Waals surface area contributed by atoms with Crippen LogP contribution in [0.4, 0.5) is 0 Å². The molecule has 5 N–H and O–H groups in total. The molecule has 0 aliphatic heterocycles. The van der Waals surface area contributed by atoms with E-state index in [2.05, 4.69) is 18.5 Å². The first-order valence-electron chi connectivity index (χ1n) is 11.0. The molecular weight excluding hydrogens is 527 g/mol. The molecule has 1 amide bonds. The summed E-state index contributed by atoms with van der Waals surface area (Å²) in [6.45, 7) is 0.320. The molecule has 0 saturated heterocycles. The SMILES string of the molecule is O=Cc1ccc(C(=O)NCCCCCCCCCCCOP(=O)(O)OP(=O)(O)OP(=O)(O)O)cc1. The van der Waals surface area contributed by atoms with Crippen LogP contribution >= 0.6 is 23.5 Å². The van der Waals surface area contributed by atoms with Crippen LogP contribution in [0, 0.1) is 0 Å². The van der Waals surface area contributed by atoms with Crippen molar-refractivity contribution in [2.75, 3.05) is 13.2 Å². The van der Waals surface area contributed by atoms with Crippen LogP contribution in [-0.4, -0.2) is 44.9 Å². The topological polar surface area (TPSA) is 206 Å². The lowest BCUT2D eigenvalue weighted by molar-refractivity contribution is 0.0951. The van der Waals surface area contributed by atoms with Gasteiger partial charge in [0.15, 0.2) is 0 Å². The second kappa shape index (κ2) is 15.8. The van der Waals surface area contributed by atoms with Crippen LogP contribution in [0.2, 0.25) is 0 Å². The van der Waals surface area contributed by atoms with Crippen LogP contribution in [0.5, 0.6) is 0 Å². The van der Waals surface area contributed by atoms with E-state index in [9.17, 15) is 28.2 Å². The van der Waals surface area contributed by atoms with Gasteiger partial charge in [0.2, 0.25) is 0 Å². The third-order valence-corrected chi connectivity index (χ3v) is 8.42. The van der Waals surface area contributed by atoms with E-state index < -0.39 is 23.5 Å². The minimum atomic E-state index is -5.47. The number of phosphoric acid groups is 3. The van der Waals surface area contributed by atoms with Crippen LogP contribution in [-0.2, 0) is 26.8 Å². The maximum atomic E-state index is 12.0. The zero-order valence-corrected chi connectivity index (χ0v) is 21.7. The van der Waals surface area contributed by atoms with E-state index in [1.165, 1.54) is 0 Å². The van der Waals surface area contributed by atoms with Crippen LogP contribution < -0.4 is 5.32 Å². The molecule has 2 atom stereocenters. The van der Waals surface area contributed by atoms with E-state index in [1.807, 2.05) is 0 Å². The Kier molecular flexibility index (Phi) is 14.3. The molecule has 1 rings (SSSR count). The predicted molar refractivity (Wildman–Crippen MR) is 126 cm³/mol. The number of aldehydes is 1. The smallest absolute Gasteiger partial charge is 0.352 e. The Bertz CT molecular complexity index is 934. The van der Waals surface area contributed by atoms with E-state index in [0.717, 1.165) is 51.2 Å². The number of unbranched alkanes of at least 4 members (excludes halogenated alkanes) is 8. The fourth-order valence-electron chi connectivity index (χ4n) is 2.96. The summed E-state index contributed by atoms with van der Waals surface area (Å²) in [7, 11) is -15.9. The van der Waals surface area contributed by atoms with Crippen molar-refractivity contribution in [1.29, 1.82) is 0 Å². The number of benzene rings is 1. The number of carbonyl (C=O) groups excluding carboxylic acids is 2. The summed E-state index contributed by atoms with van der Waals surface area (Å²) in [4.78, 5) is 57.9. The molecule has 0 radical (unpaired) electrons. The van der Waals surface area contributed by atoms with Crippen molar-refractivity contribution < 1.29 is 56.0 Å². The van der Waals surface area contributed by atoms with Gasteiger partial charge in [0.1, 0.15) is 6.29 Å². The average Bonchev–Trinajstić information content (AvgIpc) is 2.74. The standard InChI is InChI=1S/C19H32NO12P3/c21-16-17-10-12-18(13-11-17)19(22)20-14-8-6-4-2-1-3-5-7-9-15-30-34(26,27)32-35(28,29)31-33(23,24)25/h10-13,16H,1-9,14-15H2,(H,20,22)(H,26,27)(H,28,29)(H2,23,24,25). The molecule has 0 saturated carbocycles. The Balaban J connectivity index is 2.00. The number of hydrogen-bond acceptors (Lipinski definition) is 8. The minimum absolute atomic E-state index is 0.171. The normalized spacial score (nSPS) is 15.2. The molecule has 16 heteroatoms. The summed E-state index contributed by atoms with van der Waals surface area (Å²) in [6, 6.07) is 6.41. The molecule has 2 unspecified atom stereocenters. The van der Waals surface area contributed by atoms with Gasteiger partial charge in [0, 0.05) is 17.7 Å². The maximum Gasteiger partial charge on any atom is 0.490 e. The Morgan fingerprint density at radius 3 is 1.80 bits per heavy atom. The number of rotatable bonds is 19. The molecular formula is C19H32NO12P3. The summed E-state index contributed by atoms with van der Waals surface area (Å²) in [5, 5.41) is 2.84. The van der Waals surface area contributed by atoms with Crippen molar-refractivity contribution in [3.05, 3.63) is 35.4 Å². The summed E-state index contributed by atoms with van der Waals surface area (Å²) >= 11 is 0. The van der Waals surface area contributed by atoms with Crippen LogP contribution in [0.3, 0.4) is 0 Å². The first kappa shape index (κ1) is 31.8. The molecule has 1 aromatic carbocycles. The average molecular weight is 559 g/mol. The van der Waals surface area contributed by atoms with Crippen molar-refractivity contribution in [3.63, 3.8) is 0 Å². The van der Waals surface area contributed by atoms with Gasteiger partial charge in [-0.15, -0.1) is 0 Å². The van der Waals surface area contributed by atoms with Gasteiger partial charge in [-0.3, -0.25) is 14.1 Å². The number of carbonyl (C=O) groups is 2. The number of hydrogen-bond donors (Lipinski definition) is 5. The lowest BCUT2D eigenvalue weighted by Crippen LogP contribution is -2.24. The fourth-order valence-corrected chi connectivity index (χ4v) is 6.02. The Morgan fingerprint density at radius 2 is 1.29 bits per heavy atom. The van der Waals surface area contributed by atoms with Gasteiger partial charge >= 0.3 is 23.5 Å². The largest absolute Gasteiger partial charge is 0.490 e. The van der Waals surface area contributed by atoms with Gasteiger partial charge in [-0.25, -0.2) is 13.7 Å². The van der Waals surface area contributed by atoms with Crippen LogP contribution in [0.1, 0.15) is 78.5 Å². The van der Waals surface area contributed by atoms with Crippen molar-refractivity contribution in [3.8, 4) is 0 Å². The summed E-state index contributed by atoms with van der Waals surface area (Å²) < 4.78 is 45.0. The van der Waals surface area contributed by atoms with Crippen molar-refractivity contribution in [2.45, 2.75) is 57.8 Å². The lowest BCUT2D eigenvalue weighted by Gasteiger charge is -2.16. The van der Waals surface area contributed by atoms with E-state index in [0.29, 0.717) is 30.5 Å². The van der Waals surface area contributed by atoms with E-state index in [1.54, 1.807) is 24.3 Å². The minimum Gasteiger partial charge on any atom is -0.352 e. The van der Waals surface area contributed by atoms with Crippen molar-refractivity contribution in [1.82, 2.24) is 5.32 Å².